The summed E-state index contributed by atoms with van der Waals surface area (Å²) in [5.41, 5.74) is -0.0403. The Labute approximate surface area is 115 Å². The van der Waals surface area contributed by atoms with Crippen LogP contribution in [0.4, 0.5) is 18.9 Å². The van der Waals surface area contributed by atoms with Crippen LogP contribution in [-0.2, 0) is 6.18 Å². The third kappa shape index (κ3) is 2.22. The summed E-state index contributed by atoms with van der Waals surface area (Å²) >= 11 is 0. The van der Waals surface area contributed by atoms with E-state index in [0.717, 1.165) is 38.3 Å². The molecule has 1 aromatic carbocycles. The Balaban J connectivity index is 1.89. The first kappa shape index (κ1) is 13.3. The molecule has 2 aliphatic heterocycles. The number of nitrogens with one attached hydrogen (secondary N) is 1. The quantitative estimate of drug-likeness (QED) is 0.858. The van der Waals surface area contributed by atoms with E-state index in [1.807, 2.05) is 11.0 Å². The van der Waals surface area contributed by atoms with Crippen molar-refractivity contribution in [3.05, 3.63) is 29.3 Å². The van der Waals surface area contributed by atoms with Gasteiger partial charge in [-0.3, -0.25) is 0 Å². The van der Waals surface area contributed by atoms with E-state index in [0.29, 0.717) is 17.5 Å². The summed E-state index contributed by atoms with van der Waals surface area (Å²) in [6, 6.07) is 5.32. The Morgan fingerprint density at radius 2 is 1.85 bits per heavy atom. The summed E-state index contributed by atoms with van der Waals surface area (Å²) in [7, 11) is 0. The number of hydrogen-bond acceptors (Lipinski definition) is 3. The molecule has 3 nitrogen and oxygen atoms in total. The molecule has 0 bridgehead atoms. The number of halogens is 3. The summed E-state index contributed by atoms with van der Waals surface area (Å²) < 4.78 is 38.0. The molecule has 20 heavy (non-hydrogen) atoms. The van der Waals surface area contributed by atoms with E-state index in [1.165, 1.54) is 6.07 Å². The van der Waals surface area contributed by atoms with Gasteiger partial charge in [-0.1, -0.05) is 0 Å². The summed E-state index contributed by atoms with van der Waals surface area (Å²) in [6.45, 7) is 3.50. The molecule has 0 spiro atoms. The molecule has 6 heteroatoms. The van der Waals surface area contributed by atoms with Crippen molar-refractivity contribution in [1.82, 2.24) is 5.32 Å². The highest BCUT2D eigenvalue weighted by molar-refractivity contribution is 5.61. The first-order valence-corrected chi connectivity index (χ1v) is 6.56. The largest absolute Gasteiger partial charge is 0.416 e. The zero-order valence-corrected chi connectivity index (χ0v) is 10.7. The number of hydrogen-bond donors (Lipinski definition) is 1. The number of alkyl halides is 3. The van der Waals surface area contributed by atoms with Gasteiger partial charge in [0, 0.05) is 26.2 Å². The number of anilines is 1. The molecule has 2 atom stereocenters. The molecule has 0 unspecified atom stereocenters. The van der Waals surface area contributed by atoms with Crippen LogP contribution in [0.5, 0.6) is 0 Å². The lowest BCUT2D eigenvalue weighted by atomic mass is 10.0. The third-order valence-corrected chi connectivity index (χ3v) is 4.17. The fraction of sp³-hybridized carbons (Fsp3) is 0.500. The number of fused-ring (bicyclic) bond motifs is 1. The molecule has 3 rings (SSSR count). The van der Waals surface area contributed by atoms with Gasteiger partial charge in [-0.25, -0.2) is 0 Å². The van der Waals surface area contributed by atoms with Crippen LogP contribution in [0.3, 0.4) is 0 Å². The van der Waals surface area contributed by atoms with Gasteiger partial charge in [0.25, 0.3) is 0 Å². The molecule has 0 radical (unpaired) electrons. The van der Waals surface area contributed by atoms with Gasteiger partial charge in [0.15, 0.2) is 0 Å². The van der Waals surface area contributed by atoms with Crippen LogP contribution in [0, 0.1) is 23.2 Å². The first-order valence-electron chi connectivity index (χ1n) is 6.56. The van der Waals surface area contributed by atoms with E-state index < -0.39 is 11.7 Å². The summed E-state index contributed by atoms with van der Waals surface area (Å²) in [5.74, 6) is 1.06. The van der Waals surface area contributed by atoms with Crippen molar-refractivity contribution in [2.24, 2.45) is 11.8 Å². The van der Waals surface area contributed by atoms with E-state index in [1.54, 1.807) is 0 Å². The van der Waals surface area contributed by atoms with Gasteiger partial charge >= 0.3 is 6.18 Å². The Bertz CT molecular complexity index is 550. The van der Waals surface area contributed by atoms with E-state index in [4.69, 9.17) is 5.26 Å². The van der Waals surface area contributed by atoms with Crippen LogP contribution < -0.4 is 10.2 Å². The first-order chi connectivity index (χ1) is 9.49. The molecule has 1 N–H and O–H groups in total. The van der Waals surface area contributed by atoms with Crippen molar-refractivity contribution in [3.8, 4) is 6.07 Å². The Hall–Kier alpha value is -1.74. The maximum absolute atomic E-state index is 12.7. The van der Waals surface area contributed by atoms with E-state index in [-0.39, 0.29) is 5.56 Å². The van der Waals surface area contributed by atoms with Gasteiger partial charge in [-0.05, 0) is 30.0 Å². The second-order valence-corrected chi connectivity index (χ2v) is 5.42. The highest BCUT2D eigenvalue weighted by atomic mass is 19.4. The Morgan fingerprint density at radius 1 is 1.20 bits per heavy atom. The number of benzene rings is 1. The van der Waals surface area contributed by atoms with Crippen LogP contribution in [0.2, 0.25) is 0 Å². The zero-order chi connectivity index (χ0) is 14.3. The summed E-state index contributed by atoms with van der Waals surface area (Å²) in [6.07, 6.45) is -4.41. The predicted octanol–water partition coefficient (Wildman–Crippen LogP) is 2.23. The summed E-state index contributed by atoms with van der Waals surface area (Å²) in [5, 5.41) is 12.4. The number of nitrogens with zero attached hydrogens (tertiary/aromatic N) is 2. The molecule has 0 amide bonds. The minimum atomic E-state index is -4.41. The minimum absolute atomic E-state index is 0.104. The maximum atomic E-state index is 12.7. The van der Waals surface area contributed by atoms with Crippen molar-refractivity contribution in [2.45, 2.75) is 6.18 Å². The predicted molar refractivity (Wildman–Crippen MR) is 68.2 cm³/mol. The average molecular weight is 281 g/mol. The average Bonchev–Trinajstić information content (AvgIpc) is 2.97. The van der Waals surface area contributed by atoms with Crippen molar-refractivity contribution in [1.29, 1.82) is 5.26 Å². The highest BCUT2D eigenvalue weighted by Gasteiger charge is 2.37. The second-order valence-electron chi connectivity index (χ2n) is 5.42. The lowest BCUT2D eigenvalue weighted by Crippen LogP contribution is -2.26. The molecule has 2 fully saturated rings. The fourth-order valence-corrected chi connectivity index (χ4v) is 3.13. The third-order valence-electron chi connectivity index (χ3n) is 4.17. The van der Waals surface area contributed by atoms with Crippen molar-refractivity contribution in [2.75, 3.05) is 31.1 Å². The van der Waals surface area contributed by atoms with Crippen LogP contribution in [0.25, 0.3) is 0 Å². The van der Waals surface area contributed by atoms with Crippen molar-refractivity contribution < 1.29 is 13.2 Å². The molecule has 0 aliphatic carbocycles. The SMILES string of the molecule is N#Cc1cc(C(F)(F)F)ccc1N1C[C@H]2CNC[C@H]2C1. The minimum Gasteiger partial charge on any atom is -0.370 e. The topological polar surface area (TPSA) is 39.1 Å². The molecule has 2 heterocycles. The van der Waals surface area contributed by atoms with Crippen molar-refractivity contribution in [3.63, 3.8) is 0 Å². The number of rotatable bonds is 1. The number of nitriles is 1. The molecular weight excluding hydrogens is 267 g/mol. The highest BCUT2D eigenvalue weighted by Crippen LogP contribution is 2.36. The van der Waals surface area contributed by atoms with Crippen LogP contribution >= 0.6 is 0 Å². The van der Waals surface area contributed by atoms with Crippen molar-refractivity contribution >= 4 is 5.69 Å². The van der Waals surface area contributed by atoms with Gasteiger partial charge in [0.1, 0.15) is 6.07 Å². The fourth-order valence-electron chi connectivity index (χ4n) is 3.13. The van der Waals surface area contributed by atoms with Gasteiger partial charge in [0.05, 0.1) is 16.8 Å². The zero-order valence-electron chi connectivity index (χ0n) is 10.7. The standard InChI is InChI=1S/C14H14F3N3/c15-14(16,17)12-1-2-13(9(3-12)4-18)20-7-10-5-19-6-11(10)8-20/h1-3,10-11,19H,5-8H2/t10-,11+. The van der Waals surface area contributed by atoms with Gasteiger partial charge in [0.2, 0.25) is 0 Å². The summed E-state index contributed by atoms with van der Waals surface area (Å²) in [4.78, 5) is 2.04. The van der Waals surface area contributed by atoms with E-state index >= 15 is 0 Å². The Morgan fingerprint density at radius 3 is 2.40 bits per heavy atom. The molecule has 1 aromatic rings. The molecule has 2 saturated heterocycles. The lowest BCUT2D eigenvalue weighted by Gasteiger charge is -2.21. The molecule has 106 valence electrons. The molecule has 0 saturated carbocycles. The Kier molecular flexibility index (Phi) is 3.09. The van der Waals surface area contributed by atoms with Crippen LogP contribution in [-0.4, -0.2) is 26.2 Å². The monoisotopic (exact) mass is 281 g/mol. The molecule has 0 aromatic heterocycles. The van der Waals surface area contributed by atoms with E-state index in [2.05, 4.69) is 5.32 Å². The van der Waals surface area contributed by atoms with Crippen LogP contribution in [0.1, 0.15) is 11.1 Å². The smallest absolute Gasteiger partial charge is 0.370 e. The molecular formula is C14H14F3N3. The second kappa shape index (κ2) is 4.67. The van der Waals surface area contributed by atoms with E-state index in [9.17, 15) is 13.2 Å². The maximum Gasteiger partial charge on any atom is 0.416 e. The molecule has 2 aliphatic rings. The van der Waals surface area contributed by atoms with Gasteiger partial charge < -0.3 is 10.2 Å². The van der Waals surface area contributed by atoms with Gasteiger partial charge in [-0.15, -0.1) is 0 Å². The van der Waals surface area contributed by atoms with Crippen LogP contribution in [0.15, 0.2) is 18.2 Å². The normalized spacial score (nSPS) is 25.6. The van der Waals surface area contributed by atoms with Gasteiger partial charge in [-0.2, -0.15) is 18.4 Å². The lowest BCUT2D eigenvalue weighted by molar-refractivity contribution is -0.137.